The highest BCUT2D eigenvalue weighted by atomic mass is 19.1. The normalized spacial score (nSPS) is 39.7. The van der Waals surface area contributed by atoms with Crippen LogP contribution in [-0.2, 0) is 14.3 Å². The number of rotatable bonds is 3. The van der Waals surface area contributed by atoms with Gasteiger partial charge in [-0.2, -0.15) is 0 Å². The van der Waals surface area contributed by atoms with Crippen molar-refractivity contribution in [1.82, 2.24) is 9.80 Å². The molecule has 1 aliphatic heterocycles. The van der Waals surface area contributed by atoms with Gasteiger partial charge < -0.3 is 19.6 Å². The maximum atomic E-state index is 14.6. The molecule has 2 aliphatic carbocycles. The minimum absolute atomic E-state index is 0.0924. The number of hydrogen-bond acceptors (Lipinski definition) is 4. The molecule has 2 amide bonds. The second-order valence-corrected chi connectivity index (χ2v) is 9.00. The zero-order valence-corrected chi connectivity index (χ0v) is 17.3. The van der Waals surface area contributed by atoms with Crippen molar-refractivity contribution in [3.05, 3.63) is 0 Å². The first-order valence-electron chi connectivity index (χ1n) is 10.8. The van der Waals surface area contributed by atoms with Gasteiger partial charge in [0.25, 0.3) is 0 Å². The lowest BCUT2D eigenvalue weighted by atomic mass is 9.84. The molecule has 3 fully saturated rings. The summed E-state index contributed by atoms with van der Waals surface area (Å²) in [5.74, 6) is -0.757. The van der Waals surface area contributed by atoms with Gasteiger partial charge in [-0.15, -0.1) is 0 Å². The van der Waals surface area contributed by atoms with E-state index < -0.39 is 12.1 Å². The van der Waals surface area contributed by atoms with Gasteiger partial charge in [-0.3, -0.25) is 9.59 Å². The summed E-state index contributed by atoms with van der Waals surface area (Å²) < 4.78 is 19.8. The monoisotopic (exact) mass is 398 g/mol. The summed E-state index contributed by atoms with van der Waals surface area (Å²) in [5.41, 5.74) is 0. The molecule has 0 aromatic carbocycles. The fraction of sp³-hybridized carbons (Fsp3) is 0.905. The molecule has 0 bridgehead atoms. The van der Waals surface area contributed by atoms with E-state index in [0.717, 1.165) is 19.3 Å². The highest BCUT2D eigenvalue weighted by Gasteiger charge is 2.42. The van der Waals surface area contributed by atoms with Crippen LogP contribution in [0.1, 0.15) is 58.8 Å². The molecular formula is C21H35FN2O4. The van der Waals surface area contributed by atoms with E-state index in [1.165, 1.54) is 0 Å². The Morgan fingerprint density at radius 3 is 2.25 bits per heavy atom. The third-order valence-electron chi connectivity index (χ3n) is 6.86. The highest BCUT2D eigenvalue weighted by molar-refractivity contribution is 5.82. The van der Waals surface area contributed by atoms with Crippen molar-refractivity contribution in [3.63, 3.8) is 0 Å². The number of nitrogens with zero attached hydrogens (tertiary/aromatic N) is 2. The number of halogens is 1. The summed E-state index contributed by atoms with van der Waals surface area (Å²) in [5, 5.41) is 9.91. The lowest BCUT2D eigenvalue weighted by molar-refractivity contribution is -0.154. The van der Waals surface area contributed by atoms with Gasteiger partial charge in [-0.25, -0.2) is 4.39 Å². The Morgan fingerprint density at radius 2 is 1.68 bits per heavy atom. The Kier molecular flexibility index (Phi) is 6.97. The Bertz CT molecular complexity index is 563. The van der Waals surface area contributed by atoms with E-state index in [9.17, 15) is 19.1 Å². The van der Waals surface area contributed by atoms with E-state index in [1.54, 1.807) is 12.0 Å². The molecule has 2 saturated carbocycles. The highest BCUT2D eigenvalue weighted by Crippen LogP contribution is 2.32. The van der Waals surface area contributed by atoms with Crippen LogP contribution in [0.2, 0.25) is 0 Å². The second kappa shape index (κ2) is 9.08. The van der Waals surface area contributed by atoms with Crippen LogP contribution >= 0.6 is 0 Å². The maximum Gasteiger partial charge on any atom is 0.228 e. The van der Waals surface area contributed by atoms with Crippen LogP contribution in [-0.4, -0.2) is 77.4 Å². The lowest BCUT2D eigenvalue weighted by Gasteiger charge is -2.47. The van der Waals surface area contributed by atoms with Gasteiger partial charge in [-0.1, -0.05) is 6.42 Å². The summed E-state index contributed by atoms with van der Waals surface area (Å²) in [6.07, 6.45) is 2.84. The van der Waals surface area contributed by atoms with Crippen LogP contribution in [0.3, 0.4) is 0 Å². The predicted molar refractivity (Wildman–Crippen MR) is 103 cm³/mol. The second-order valence-electron chi connectivity index (χ2n) is 9.00. The van der Waals surface area contributed by atoms with E-state index in [-0.39, 0.29) is 48.4 Å². The Balaban J connectivity index is 1.61. The summed E-state index contributed by atoms with van der Waals surface area (Å²) in [7, 11) is 1.59. The number of aliphatic hydroxyl groups is 1. The molecule has 1 saturated heterocycles. The molecule has 0 spiro atoms. The van der Waals surface area contributed by atoms with Crippen molar-refractivity contribution in [2.24, 2.45) is 11.8 Å². The van der Waals surface area contributed by atoms with Crippen molar-refractivity contribution in [2.75, 3.05) is 20.2 Å². The molecule has 7 atom stereocenters. The molecule has 6 nitrogen and oxygen atoms in total. The minimum atomic E-state index is -1.17. The number of alkyl halides is 1. The van der Waals surface area contributed by atoms with E-state index >= 15 is 0 Å². The van der Waals surface area contributed by atoms with Gasteiger partial charge in [0.1, 0.15) is 6.17 Å². The number of hydrogen-bond donors (Lipinski definition) is 1. The zero-order valence-electron chi connectivity index (χ0n) is 17.3. The fourth-order valence-corrected chi connectivity index (χ4v) is 5.34. The Hall–Kier alpha value is -1.21. The van der Waals surface area contributed by atoms with Crippen molar-refractivity contribution in [1.29, 1.82) is 0 Å². The van der Waals surface area contributed by atoms with E-state index in [1.807, 2.05) is 18.7 Å². The molecule has 7 heteroatoms. The van der Waals surface area contributed by atoms with Crippen molar-refractivity contribution in [3.8, 4) is 0 Å². The SMILES string of the molecule is COC1CCC(C(=O)N2C[C@@H](C)N(C(=O)C3CCCC(O)C3)[C@H](C)C2)C(F)C1. The van der Waals surface area contributed by atoms with Gasteiger partial charge >= 0.3 is 0 Å². The Labute approximate surface area is 167 Å². The molecule has 28 heavy (non-hydrogen) atoms. The lowest BCUT2D eigenvalue weighted by Crippen LogP contribution is -2.62. The molecule has 3 rings (SSSR count). The minimum Gasteiger partial charge on any atom is -0.393 e. The molecular weight excluding hydrogens is 363 g/mol. The maximum absolute atomic E-state index is 14.6. The van der Waals surface area contributed by atoms with Gasteiger partial charge in [0.05, 0.1) is 18.1 Å². The molecule has 5 unspecified atom stereocenters. The van der Waals surface area contributed by atoms with Gasteiger partial charge in [0, 0.05) is 44.6 Å². The largest absolute Gasteiger partial charge is 0.393 e. The number of amides is 2. The molecule has 1 heterocycles. The van der Waals surface area contributed by atoms with Crippen LogP contribution < -0.4 is 0 Å². The first-order valence-corrected chi connectivity index (χ1v) is 10.8. The fourth-order valence-electron chi connectivity index (χ4n) is 5.34. The molecule has 0 aromatic heterocycles. The van der Waals surface area contributed by atoms with Crippen molar-refractivity contribution >= 4 is 11.8 Å². The number of methoxy groups -OCH3 is 1. The predicted octanol–water partition coefficient (Wildman–Crippen LogP) is 2.14. The summed E-state index contributed by atoms with van der Waals surface area (Å²) >= 11 is 0. The molecule has 1 N–H and O–H groups in total. The van der Waals surface area contributed by atoms with Crippen LogP contribution in [0.15, 0.2) is 0 Å². The standard InChI is InChI=1S/C21H35FN2O4/c1-13-11-23(21(27)18-8-7-17(28-3)10-19(18)22)12-14(2)24(13)20(26)15-5-4-6-16(25)9-15/h13-19,25H,4-12H2,1-3H3/t13-,14-,15?,16?,17?,18?,19?/m1/s1. The number of piperazine rings is 1. The summed E-state index contributed by atoms with van der Waals surface area (Å²) in [6, 6.07) is -0.208. The Morgan fingerprint density at radius 1 is 1.00 bits per heavy atom. The average Bonchev–Trinajstić information content (AvgIpc) is 2.66. The number of ether oxygens (including phenoxy) is 1. The van der Waals surface area contributed by atoms with Crippen molar-refractivity contribution < 1.29 is 23.8 Å². The number of carbonyl (C=O) groups is 2. The van der Waals surface area contributed by atoms with Gasteiger partial charge in [0.15, 0.2) is 0 Å². The van der Waals surface area contributed by atoms with Crippen LogP contribution in [0.4, 0.5) is 4.39 Å². The van der Waals surface area contributed by atoms with Gasteiger partial charge in [0.2, 0.25) is 11.8 Å². The molecule has 0 radical (unpaired) electrons. The van der Waals surface area contributed by atoms with Crippen LogP contribution in [0.25, 0.3) is 0 Å². The molecule has 3 aliphatic rings. The smallest absolute Gasteiger partial charge is 0.228 e. The first kappa shape index (κ1) is 21.5. The third kappa shape index (κ3) is 4.51. The molecule has 0 aromatic rings. The first-order chi connectivity index (χ1) is 13.3. The average molecular weight is 399 g/mol. The topological polar surface area (TPSA) is 70.1 Å². The quantitative estimate of drug-likeness (QED) is 0.791. The van der Waals surface area contributed by atoms with Gasteiger partial charge in [-0.05, 0) is 46.0 Å². The van der Waals surface area contributed by atoms with E-state index in [0.29, 0.717) is 32.4 Å². The van der Waals surface area contributed by atoms with Crippen molar-refractivity contribution in [2.45, 2.75) is 89.3 Å². The van der Waals surface area contributed by atoms with Crippen LogP contribution in [0, 0.1) is 11.8 Å². The number of carbonyl (C=O) groups excluding carboxylic acids is 2. The third-order valence-corrected chi connectivity index (χ3v) is 6.86. The summed E-state index contributed by atoms with van der Waals surface area (Å²) in [6.45, 7) is 4.81. The number of aliphatic hydroxyl groups excluding tert-OH is 1. The van der Waals surface area contributed by atoms with Crippen LogP contribution in [0.5, 0.6) is 0 Å². The summed E-state index contributed by atoms with van der Waals surface area (Å²) in [4.78, 5) is 29.7. The van der Waals surface area contributed by atoms with E-state index in [4.69, 9.17) is 4.74 Å². The van der Waals surface area contributed by atoms with E-state index in [2.05, 4.69) is 0 Å². The molecule has 160 valence electrons. The zero-order chi connectivity index (χ0) is 20.4.